The summed E-state index contributed by atoms with van der Waals surface area (Å²) in [7, 11) is 0. The molecule has 1 aliphatic rings. The van der Waals surface area contributed by atoms with Crippen LogP contribution in [0.1, 0.15) is 36.5 Å². The summed E-state index contributed by atoms with van der Waals surface area (Å²) in [4.78, 5) is 14.2. The molecule has 0 saturated carbocycles. The van der Waals surface area contributed by atoms with E-state index in [9.17, 15) is 4.79 Å². The smallest absolute Gasteiger partial charge is 0.253 e. The minimum Gasteiger partial charge on any atom is -0.399 e. The molecular formula is C15H22N2O2. The van der Waals surface area contributed by atoms with Crippen LogP contribution in [0, 0.1) is 0 Å². The monoisotopic (exact) mass is 262 g/mol. The van der Waals surface area contributed by atoms with Crippen molar-refractivity contribution in [1.29, 1.82) is 0 Å². The SMILES string of the molecule is CCCOC1CCCN(C(=O)c2ccc(N)cc2)C1. The summed E-state index contributed by atoms with van der Waals surface area (Å²) in [5.41, 5.74) is 7.02. The molecule has 1 atom stereocenters. The lowest BCUT2D eigenvalue weighted by Gasteiger charge is -2.32. The number of anilines is 1. The average molecular weight is 262 g/mol. The zero-order valence-corrected chi connectivity index (χ0v) is 11.5. The third-order valence-corrected chi connectivity index (χ3v) is 3.38. The lowest BCUT2D eigenvalue weighted by Crippen LogP contribution is -2.43. The zero-order chi connectivity index (χ0) is 13.7. The number of nitrogen functional groups attached to an aromatic ring is 1. The van der Waals surface area contributed by atoms with E-state index in [2.05, 4.69) is 6.92 Å². The lowest BCUT2D eigenvalue weighted by atomic mass is 10.1. The van der Waals surface area contributed by atoms with Gasteiger partial charge in [0.2, 0.25) is 0 Å². The van der Waals surface area contributed by atoms with Gasteiger partial charge in [-0.25, -0.2) is 0 Å². The first-order valence-corrected chi connectivity index (χ1v) is 6.97. The van der Waals surface area contributed by atoms with E-state index < -0.39 is 0 Å². The predicted molar refractivity (Wildman–Crippen MR) is 76.0 cm³/mol. The van der Waals surface area contributed by atoms with Crippen molar-refractivity contribution in [2.24, 2.45) is 0 Å². The lowest BCUT2D eigenvalue weighted by molar-refractivity contribution is 0.00211. The molecular weight excluding hydrogens is 240 g/mol. The molecule has 0 aliphatic carbocycles. The Balaban J connectivity index is 1.96. The molecule has 1 fully saturated rings. The molecule has 4 nitrogen and oxygen atoms in total. The summed E-state index contributed by atoms with van der Waals surface area (Å²) >= 11 is 0. The highest BCUT2D eigenvalue weighted by Crippen LogP contribution is 2.17. The predicted octanol–water partition coefficient (Wildman–Crippen LogP) is 2.30. The van der Waals surface area contributed by atoms with Crippen LogP contribution in [-0.2, 0) is 4.74 Å². The first kappa shape index (κ1) is 13.9. The highest BCUT2D eigenvalue weighted by atomic mass is 16.5. The second-order valence-electron chi connectivity index (χ2n) is 5.01. The van der Waals surface area contributed by atoms with Gasteiger partial charge in [0.1, 0.15) is 0 Å². The number of carbonyl (C=O) groups is 1. The highest BCUT2D eigenvalue weighted by molar-refractivity contribution is 5.94. The Kier molecular flexibility index (Phi) is 4.80. The molecule has 1 aromatic carbocycles. The number of ether oxygens (including phenoxy) is 1. The van der Waals surface area contributed by atoms with E-state index in [1.807, 2.05) is 4.90 Å². The van der Waals surface area contributed by atoms with Crippen LogP contribution < -0.4 is 5.73 Å². The molecule has 1 aromatic rings. The third kappa shape index (κ3) is 3.70. The van der Waals surface area contributed by atoms with Gasteiger partial charge in [0.25, 0.3) is 5.91 Å². The minimum atomic E-state index is 0.0739. The number of benzene rings is 1. The van der Waals surface area contributed by atoms with Gasteiger partial charge >= 0.3 is 0 Å². The molecule has 1 saturated heterocycles. The van der Waals surface area contributed by atoms with Crippen LogP contribution in [-0.4, -0.2) is 36.6 Å². The molecule has 0 spiro atoms. The number of hydrogen-bond donors (Lipinski definition) is 1. The van der Waals surface area contributed by atoms with Crippen molar-refractivity contribution in [3.8, 4) is 0 Å². The summed E-state index contributed by atoms with van der Waals surface area (Å²) in [6, 6.07) is 7.10. The van der Waals surface area contributed by atoms with E-state index in [1.165, 1.54) is 0 Å². The van der Waals surface area contributed by atoms with Crippen LogP contribution in [0.15, 0.2) is 24.3 Å². The fourth-order valence-corrected chi connectivity index (χ4v) is 2.35. The maximum Gasteiger partial charge on any atom is 0.253 e. The molecule has 1 aliphatic heterocycles. The molecule has 104 valence electrons. The van der Waals surface area contributed by atoms with Crippen molar-refractivity contribution >= 4 is 11.6 Å². The molecule has 0 aromatic heterocycles. The van der Waals surface area contributed by atoms with Crippen LogP contribution in [0.5, 0.6) is 0 Å². The van der Waals surface area contributed by atoms with Crippen molar-refractivity contribution in [1.82, 2.24) is 4.90 Å². The van der Waals surface area contributed by atoms with Crippen LogP contribution in [0.2, 0.25) is 0 Å². The van der Waals surface area contributed by atoms with Gasteiger partial charge in [0.05, 0.1) is 6.10 Å². The standard InChI is InChI=1S/C15H22N2O2/c1-2-10-19-14-4-3-9-17(11-14)15(18)12-5-7-13(16)8-6-12/h5-8,14H,2-4,9-11,16H2,1H3. The van der Waals surface area contributed by atoms with Crippen LogP contribution in [0.4, 0.5) is 5.69 Å². The second kappa shape index (κ2) is 6.57. The van der Waals surface area contributed by atoms with Gasteiger partial charge in [-0.1, -0.05) is 6.92 Å². The number of nitrogens with two attached hydrogens (primary N) is 1. The summed E-state index contributed by atoms with van der Waals surface area (Å²) in [5, 5.41) is 0. The van der Waals surface area contributed by atoms with E-state index in [4.69, 9.17) is 10.5 Å². The first-order valence-electron chi connectivity index (χ1n) is 6.97. The maximum absolute atomic E-state index is 12.4. The van der Waals surface area contributed by atoms with Crippen molar-refractivity contribution in [3.05, 3.63) is 29.8 Å². The number of carbonyl (C=O) groups excluding carboxylic acids is 1. The number of hydrogen-bond acceptors (Lipinski definition) is 3. The largest absolute Gasteiger partial charge is 0.399 e. The van der Waals surface area contributed by atoms with Gasteiger partial charge in [-0.3, -0.25) is 4.79 Å². The molecule has 1 heterocycles. The van der Waals surface area contributed by atoms with Gasteiger partial charge in [-0.15, -0.1) is 0 Å². The third-order valence-electron chi connectivity index (χ3n) is 3.38. The molecule has 19 heavy (non-hydrogen) atoms. The van der Waals surface area contributed by atoms with E-state index in [-0.39, 0.29) is 12.0 Å². The molecule has 1 amide bonds. The molecule has 2 rings (SSSR count). The Bertz CT molecular complexity index is 417. The van der Waals surface area contributed by atoms with E-state index in [1.54, 1.807) is 24.3 Å². The minimum absolute atomic E-state index is 0.0739. The maximum atomic E-state index is 12.4. The topological polar surface area (TPSA) is 55.6 Å². The number of likely N-dealkylation sites (tertiary alicyclic amines) is 1. The van der Waals surface area contributed by atoms with Gasteiger partial charge in [0.15, 0.2) is 0 Å². The highest BCUT2D eigenvalue weighted by Gasteiger charge is 2.24. The Labute approximate surface area is 114 Å². The van der Waals surface area contributed by atoms with Crippen LogP contribution >= 0.6 is 0 Å². The summed E-state index contributed by atoms with van der Waals surface area (Å²) in [6.45, 7) is 4.38. The summed E-state index contributed by atoms with van der Waals surface area (Å²) in [5.74, 6) is 0.0739. The number of rotatable bonds is 4. The fraction of sp³-hybridized carbons (Fsp3) is 0.533. The fourth-order valence-electron chi connectivity index (χ4n) is 2.35. The Morgan fingerprint density at radius 2 is 2.16 bits per heavy atom. The summed E-state index contributed by atoms with van der Waals surface area (Å²) in [6.07, 6.45) is 3.26. The van der Waals surface area contributed by atoms with Gasteiger partial charge < -0.3 is 15.4 Å². The first-order chi connectivity index (χ1) is 9.20. The Hall–Kier alpha value is -1.55. The molecule has 0 bridgehead atoms. The molecule has 2 N–H and O–H groups in total. The molecule has 0 radical (unpaired) electrons. The molecule has 1 unspecified atom stereocenters. The number of amides is 1. The van der Waals surface area contributed by atoms with E-state index in [0.29, 0.717) is 17.8 Å². The van der Waals surface area contributed by atoms with Gasteiger partial charge in [-0.2, -0.15) is 0 Å². The quantitative estimate of drug-likeness (QED) is 0.847. The average Bonchev–Trinajstić information content (AvgIpc) is 2.45. The second-order valence-corrected chi connectivity index (χ2v) is 5.01. The van der Waals surface area contributed by atoms with Crippen molar-refractivity contribution in [3.63, 3.8) is 0 Å². The van der Waals surface area contributed by atoms with Crippen molar-refractivity contribution < 1.29 is 9.53 Å². The Morgan fingerprint density at radius 3 is 2.84 bits per heavy atom. The Morgan fingerprint density at radius 1 is 1.42 bits per heavy atom. The van der Waals surface area contributed by atoms with Crippen LogP contribution in [0.25, 0.3) is 0 Å². The zero-order valence-electron chi connectivity index (χ0n) is 11.5. The normalized spacial score (nSPS) is 19.4. The van der Waals surface area contributed by atoms with Crippen LogP contribution in [0.3, 0.4) is 0 Å². The number of nitrogens with zero attached hydrogens (tertiary/aromatic N) is 1. The molecule has 4 heteroatoms. The van der Waals surface area contributed by atoms with Crippen molar-refractivity contribution in [2.75, 3.05) is 25.4 Å². The van der Waals surface area contributed by atoms with Gasteiger partial charge in [0, 0.05) is 30.9 Å². The van der Waals surface area contributed by atoms with Crippen molar-refractivity contribution in [2.45, 2.75) is 32.3 Å². The summed E-state index contributed by atoms with van der Waals surface area (Å²) < 4.78 is 5.75. The van der Waals surface area contributed by atoms with Gasteiger partial charge in [-0.05, 0) is 43.5 Å². The number of piperidine rings is 1. The van der Waals surface area contributed by atoms with E-state index >= 15 is 0 Å². The van der Waals surface area contributed by atoms with E-state index in [0.717, 1.165) is 32.4 Å².